The Morgan fingerprint density at radius 1 is 0.643 bits per heavy atom. The monoisotopic (exact) mass is 365 g/mol. The zero-order valence-corrected chi connectivity index (χ0v) is 16.6. The van der Waals surface area contributed by atoms with Crippen molar-refractivity contribution in [2.45, 2.75) is 39.0 Å². The van der Waals surface area contributed by atoms with E-state index in [1.807, 2.05) is 0 Å². The average molecular weight is 366 g/mol. The van der Waals surface area contributed by atoms with Gasteiger partial charge in [0.2, 0.25) is 0 Å². The van der Waals surface area contributed by atoms with Crippen molar-refractivity contribution in [1.82, 2.24) is 4.98 Å². The first-order valence-electron chi connectivity index (χ1n) is 10.4. The van der Waals surface area contributed by atoms with Gasteiger partial charge in [0, 0.05) is 10.9 Å². The van der Waals surface area contributed by atoms with E-state index < -0.39 is 0 Å². The molecule has 0 unspecified atom stereocenters. The van der Waals surface area contributed by atoms with Crippen LogP contribution in [0.25, 0.3) is 33.3 Å². The fraction of sp³-hybridized carbons (Fsp3) is 0.222. The summed E-state index contributed by atoms with van der Waals surface area (Å²) in [6, 6.07) is 30.0. The quantitative estimate of drug-likeness (QED) is 0.306. The van der Waals surface area contributed by atoms with E-state index in [0.717, 1.165) is 17.6 Å². The zero-order chi connectivity index (χ0) is 19.2. The Balaban J connectivity index is 1.96. The Morgan fingerprint density at radius 2 is 1.29 bits per heavy atom. The zero-order valence-electron chi connectivity index (χ0n) is 16.6. The molecule has 4 aromatic rings. The van der Waals surface area contributed by atoms with E-state index >= 15 is 0 Å². The van der Waals surface area contributed by atoms with Crippen molar-refractivity contribution in [3.05, 3.63) is 90.5 Å². The number of hydrogen-bond acceptors (Lipinski definition) is 1. The first-order valence-corrected chi connectivity index (χ1v) is 10.4. The average Bonchev–Trinajstić information content (AvgIpc) is 2.77. The lowest BCUT2D eigenvalue weighted by atomic mass is 9.89. The van der Waals surface area contributed by atoms with E-state index in [1.165, 1.54) is 53.3 Å². The van der Waals surface area contributed by atoms with Crippen LogP contribution in [0.4, 0.5) is 0 Å². The van der Waals surface area contributed by atoms with Crippen LogP contribution < -0.4 is 0 Å². The van der Waals surface area contributed by atoms with E-state index in [4.69, 9.17) is 4.98 Å². The third-order valence-corrected chi connectivity index (χ3v) is 5.38. The lowest BCUT2D eigenvalue weighted by Gasteiger charge is -2.18. The third kappa shape index (κ3) is 3.84. The van der Waals surface area contributed by atoms with Crippen molar-refractivity contribution in [2.24, 2.45) is 0 Å². The van der Waals surface area contributed by atoms with E-state index in [1.54, 1.807) is 0 Å². The van der Waals surface area contributed by atoms with Gasteiger partial charge in [-0.05, 0) is 35.6 Å². The normalized spacial score (nSPS) is 11.0. The van der Waals surface area contributed by atoms with Crippen LogP contribution >= 0.6 is 0 Å². The highest BCUT2D eigenvalue weighted by atomic mass is 14.7. The Labute approximate surface area is 168 Å². The van der Waals surface area contributed by atoms with Crippen LogP contribution in [0.1, 0.15) is 38.2 Å². The fourth-order valence-electron chi connectivity index (χ4n) is 3.99. The van der Waals surface area contributed by atoms with Crippen LogP contribution in [0, 0.1) is 0 Å². The first kappa shape index (κ1) is 18.4. The van der Waals surface area contributed by atoms with Gasteiger partial charge in [-0.15, -0.1) is 0 Å². The molecule has 3 aromatic carbocycles. The van der Waals surface area contributed by atoms with Crippen molar-refractivity contribution in [3.63, 3.8) is 0 Å². The number of pyridine rings is 1. The molecule has 0 saturated heterocycles. The molecule has 0 amide bonds. The standard InChI is InChI=1S/C27H27N/c1-2-3-4-11-19-24-26(21-14-7-5-8-15-21)23-18-12-13-20-25(23)28-27(24)22-16-9-6-10-17-22/h5-10,12-18,20H,2-4,11,19H2,1H3. The van der Waals surface area contributed by atoms with Gasteiger partial charge in [-0.2, -0.15) is 0 Å². The van der Waals surface area contributed by atoms with Gasteiger partial charge in [0.25, 0.3) is 0 Å². The molecule has 28 heavy (non-hydrogen) atoms. The summed E-state index contributed by atoms with van der Waals surface area (Å²) in [4.78, 5) is 5.13. The molecule has 0 saturated carbocycles. The molecule has 0 bridgehead atoms. The molecular formula is C27H27N. The molecule has 1 heteroatoms. The van der Waals surface area contributed by atoms with Crippen LogP contribution in [0.15, 0.2) is 84.9 Å². The largest absolute Gasteiger partial charge is 0.247 e. The van der Waals surface area contributed by atoms with Crippen molar-refractivity contribution in [2.75, 3.05) is 0 Å². The molecule has 1 heterocycles. The van der Waals surface area contributed by atoms with E-state index in [-0.39, 0.29) is 0 Å². The molecule has 0 radical (unpaired) electrons. The maximum Gasteiger partial charge on any atom is 0.0747 e. The molecule has 0 atom stereocenters. The van der Waals surface area contributed by atoms with Gasteiger partial charge in [0.05, 0.1) is 11.2 Å². The van der Waals surface area contributed by atoms with Crippen LogP contribution in [-0.2, 0) is 6.42 Å². The number of nitrogens with zero attached hydrogens (tertiary/aromatic N) is 1. The van der Waals surface area contributed by atoms with Gasteiger partial charge < -0.3 is 0 Å². The summed E-state index contributed by atoms with van der Waals surface area (Å²) in [6.07, 6.45) is 6.08. The number of aromatic nitrogens is 1. The Morgan fingerprint density at radius 3 is 2.00 bits per heavy atom. The van der Waals surface area contributed by atoms with Crippen LogP contribution in [0.2, 0.25) is 0 Å². The number of benzene rings is 3. The highest BCUT2D eigenvalue weighted by Gasteiger charge is 2.17. The lowest BCUT2D eigenvalue weighted by molar-refractivity contribution is 0.667. The third-order valence-electron chi connectivity index (χ3n) is 5.38. The van der Waals surface area contributed by atoms with Gasteiger partial charge in [0.1, 0.15) is 0 Å². The molecule has 1 aromatic heterocycles. The minimum absolute atomic E-state index is 1.06. The fourth-order valence-corrected chi connectivity index (χ4v) is 3.99. The van der Waals surface area contributed by atoms with E-state index in [2.05, 4.69) is 91.9 Å². The molecule has 0 N–H and O–H groups in total. The summed E-state index contributed by atoms with van der Waals surface area (Å²) in [7, 11) is 0. The van der Waals surface area contributed by atoms with E-state index in [9.17, 15) is 0 Å². The Bertz CT molecular complexity index is 1040. The number of rotatable bonds is 7. The number of hydrogen-bond donors (Lipinski definition) is 0. The second kappa shape index (κ2) is 8.84. The summed E-state index contributed by atoms with van der Waals surface area (Å²) in [5.41, 5.74) is 7.42. The van der Waals surface area contributed by atoms with Crippen molar-refractivity contribution in [1.29, 1.82) is 0 Å². The minimum Gasteiger partial charge on any atom is -0.247 e. The molecule has 1 nitrogen and oxygen atoms in total. The van der Waals surface area contributed by atoms with Gasteiger partial charge in [-0.1, -0.05) is 105 Å². The lowest BCUT2D eigenvalue weighted by Crippen LogP contribution is -2.00. The molecular weight excluding hydrogens is 338 g/mol. The summed E-state index contributed by atoms with van der Waals surface area (Å²) < 4.78 is 0. The highest BCUT2D eigenvalue weighted by Crippen LogP contribution is 2.37. The molecule has 0 aliphatic heterocycles. The molecule has 0 aliphatic carbocycles. The molecule has 140 valence electrons. The maximum absolute atomic E-state index is 5.13. The minimum atomic E-state index is 1.06. The summed E-state index contributed by atoms with van der Waals surface area (Å²) >= 11 is 0. The number of para-hydroxylation sites is 1. The van der Waals surface area contributed by atoms with Crippen molar-refractivity contribution < 1.29 is 0 Å². The second-order valence-corrected chi connectivity index (χ2v) is 7.37. The topological polar surface area (TPSA) is 12.9 Å². The smallest absolute Gasteiger partial charge is 0.0747 e. The van der Waals surface area contributed by atoms with Crippen LogP contribution in [0.5, 0.6) is 0 Å². The molecule has 0 spiro atoms. The van der Waals surface area contributed by atoms with Crippen LogP contribution in [0.3, 0.4) is 0 Å². The molecule has 0 fully saturated rings. The van der Waals surface area contributed by atoms with Crippen molar-refractivity contribution in [3.8, 4) is 22.4 Å². The first-order chi connectivity index (χ1) is 13.9. The SMILES string of the molecule is CCCCCCc1c(-c2ccccc2)nc2ccccc2c1-c1ccccc1. The van der Waals surface area contributed by atoms with Gasteiger partial charge in [-0.25, -0.2) is 4.98 Å². The van der Waals surface area contributed by atoms with E-state index in [0.29, 0.717) is 0 Å². The predicted octanol–water partition coefficient (Wildman–Crippen LogP) is 7.69. The number of fused-ring (bicyclic) bond motifs is 1. The second-order valence-electron chi connectivity index (χ2n) is 7.37. The molecule has 0 aliphatic rings. The van der Waals surface area contributed by atoms with Crippen molar-refractivity contribution >= 4 is 10.9 Å². The summed E-state index contributed by atoms with van der Waals surface area (Å²) in [6.45, 7) is 2.27. The summed E-state index contributed by atoms with van der Waals surface area (Å²) in [5.74, 6) is 0. The van der Waals surface area contributed by atoms with Crippen LogP contribution in [-0.4, -0.2) is 4.98 Å². The molecule has 4 rings (SSSR count). The highest BCUT2D eigenvalue weighted by molar-refractivity contribution is 5.99. The predicted molar refractivity (Wildman–Crippen MR) is 120 cm³/mol. The Kier molecular flexibility index (Phi) is 5.82. The number of unbranched alkanes of at least 4 members (excludes halogenated alkanes) is 3. The summed E-state index contributed by atoms with van der Waals surface area (Å²) in [5, 5.41) is 1.25. The van der Waals surface area contributed by atoms with Gasteiger partial charge >= 0.3 is 0 Å². The van der Waals surface area contributed by atoms with Gasteiger partial charge in [0.15, 0.2) is 0 Å². The van der Waals surface area contributed by atoms with Gasteiger partial charge in [-0.3, -0.25) is 0 Å². The Hall–Kier alpha value is -2.93. The maximum atomic E-state index is 5.13.